The summed E-state index contributed by atoms with van der Waals surface area (Å²) >= 11 is 0. The Bertz CT molecular complexity index is 1070. The number of fused-ring (bicyclic) bond motifs is 1. The number of nitrogens with zero attached hydrogens (tertiary/aromatic N) is 1. The third kappa shape index (κ3) is 3.73. The average molecular weight is 395 g/mol. The topological polar surface area (TPSA) is 74.4 Å². The van der Waals surface area contributed by atoms with Gasteiger partial charge in [0.05, 0.1) is 24.8 Å². The number of ether oxygens (including phenoxy) is 1. The number of amides is 2. The molecule has 2 amide bonds. The van der Waals surface area contributed by atoms with Crippen molar-refractivity contribution in [3.63, 3.8) is 0 Å². The lowest BCUT2D eigenvalue weighted by Crippen LogP contribution is -2.47. The molecule has 7 heteroatoms. The molecule has 6 nitrogen and oxygen atoms in total. The lowest BCUT2D eigenvalue weighted by Gasteiger charge is -2.33. The monoisotopic (exact) mass is 395 g/mol. The molecule has 1 aromatic heterocycles. The van der Waals surface area contributed by atoms with E-state index in [1.807, 2.05) is 6.92 Å². The van der Waals surface area contributed by atoms with Crippen LogP contribution in [-0.2, 0) is 4.74 Å². The molecule has 29 heavy (non-hydrogen) atoms. The van der Waals surface area contributed by atoms with Crippen LogP contribution in [-0.4, -0.2) is 47.5 Å². The number of aromatic amines is 1. The third-order valence-corrected chi connectivity index (χ3v) is 5.19. The van der Waals surface area contributed by atoms with Crippen LogP contribution in [0.1, 0.15) is 33.3 Å². The maximum atomic E-state index is 13.6. The number of rotatable bonds is 3. The first kappa shape index (κ1) is 19.1. The van der Waals surface area contributed by atoms with E-state index in [-0.39, 0.29) is 17.9 Å². The van der Waals surface area contributed by atoms with Crippen molar-refractivity contribution in [2.45, 2.75) is 19.9 Å². The molecule has 1 saturated heterocycles. The predicted molar refractivity (Wildman–Crippen MR) is 109 cm³/mol. The fourth-order valence-electron chi connectivity index (χ4n) is 3.68. The minimum atomic E-state index is -0.397. The van der Waals surface area contributed by atoms with Gasteiger partial charge in [0.15, 0.2) is 0 Å². The average Bonchev–Trinajstić information content (AvgIpc) is 3.03. The van der Waals surface area contributed by atoms with E-state index in [1.54, 1.807) is 42.2 Å². The number of halogens is 1. The molecule has 3 aromatic rings. The van der Waals surface area contributed by atoms with Crippen molar-refractivity contribution in [2.24, 2.45) is 0 Å². The van der Waals surface area contributed by atoms with Gasteiger partial charge in [-0.05, 0) is 56.3 Å². The minimum absolute atomic E-state index is 0.0286. The Balaban J connectivity index is 1.52. The van der Waals surface area contributed by atoms with E-state index >= 15 is 0 Å². The van der Waals surface area contributed by atoms with E-state index in [4.69, 9.17) is 4.74 Å². The van der Waals surface area contributed by atoms with E-state index in [1.165, 1.54) is 12.1 Å². The van der Waals surface area contributed by atoms with Crippen LogP contribution in [0.5, 0.6) is 0 Å². The van der Waals surface area contributed by atoms with E-state index in [2.05, 4.69) is 10.3 Å². The largest absolute Gasteiger partial charge is 0.377 e. The highest BCUT2D eigenvalue weighted by Crippen LogP contribution is 2.24. The van der Waals surface area contributed by atoms with E-state index < -0.39 is 5.82 Å². The molecule has 1 unspecified atom stereocenters. The van der Waals surface area contributed by atoms with Gasteiger partial charge in [0.2, 0.25) is 0 Å². The molecule has 1 fully saturated rings. The van der Waals surface area contributed by atoms with Gasteiger partial charge in [-0.1, -0.05) is 0 Å². The highest BCUT2D eigenvalue weighted by Gasteiger charge is 2.24. The van der Waals surface area contributed by atoms with E-state index in [9.17, 15) is 14.0 Å². The number of carbonyl (C=O) groups is 2. The number of nitrogens with one attached hydrogen (secondary N) is 2. The predicted octanol–water partition coefficient (Wildman–Crippen LogP) is 3.73. The summed E-state index contributed by atoms with van der Waals surface area (Å²) in [5, 5.41) is 3.36. The zero-order valence-corrected chi connectivity index (χ0v) is 16.3. The highest BCUT2D eigenvalue weighted by molar-refractivity contribution is 6.14. The maximum absolute atomic E-state index is 13.6. The lowest BCUT2D eigenvalue weighted by atomic mass is 10.1. The number of H-pyrrole nitrogens is 1. The summed E-state index contributed by atoms with van der Waals surface area (Å²) in [7, 11) is 0. The Morgan fingerprint density at radius 3 is 2.69 bits per heavy atom. The van der Waals surface area contributed by atoms with Crippen LogP contribution < -0.4 is 5.32 Å². The van der Waals surface area contributed by atoms with Gasteiger partial charge in [-0.25, -0.2) is 4.39 Å². The van der Waals surface area contributed by atoms with Crippen LogP contribution >= 0.6 is 0 Å². The van der Waals surface area contributed by atoms with Gasteiger partial charge >= 0.3 is 0 Å². The van der Waals surface area contributed by atoms with E-state index in [0.29, 0.717) is 53.2 Å². The molecule has 0 aliphatic carbocycles. The molecule has 1 aliphatic heterocycles. The maximum Gasteiger partial charge on any atom is 0.258 e. The molecule has 2 N–H and O–H groups in total. The molecule has 2 heterocycles. The van der Waals surface area contributed by atoms with Gasteiger partial charge in [0.25, 0.3) is 11.8 Å². The number of aromatic nitrogens is 1. The molecule has 4 rings (SSSR count). The Labute approximate surface area is 167 Å². The standard InChI is InChI=1S/C22H22FN3O3/c1-13-12-29-10-9-26(13)22(28)15-3-6-17(7-4-15)25-21(27)20-14(2)24-19-8-5-16(23)11-18(19)20/h3-8,11,13,24H,9-10,12H2,1-2H3,(H,25,27). The third-order valence-electron chi connectivity index (χ3n) is 5.19. The van der Waals surface area contributed by atoms with Crippen molar-refractivity contribution in [3.8, 4) is 0 Å². The number of morpholine rings is 1. The van der Waals surface area contributed by atoms with Crippen LogP contribution in [0.15, 0.2) is 42.5 Å². The summed E-state index contributed by atoms with van der Waals surface area (Å²) in [6.07, 6.45) is 0. The second kappa shape index (κ2) is 7.67. The Kier molecular flexibility index (Phi) is 5.07. The summed E-state index contributed by atoms with van der Waals surface area (Å²) in [6, 6.07) is 11.1. The molecular formula is C22H22FN3O3. The number of benzene rings is 2. The van der Waals surface area contributed by atoms with Crippen LogP contribution in [0.3, 0.4) is 0 Å². The number of carbonyl (C=O) groups excluding carboxylic acids is 2. The van der Waals surface area contributed by atoms with Gasteiger partial charge < -0.3 is 19.9 Å². The number of hydrogen-bond donors (Lipinski definition) is 2. The first-order chi connectivity index (χ1) is 13.9. The second-order valence-corrected chi connectivity index (χ2v) is 7.27. The van der Waals surface area contributed by atoms with Gasteiger partial charge in [0.1, 0.15) is 5.82 Å². The smallest absolute Gasteiger partial charge is 0.258 e. The van der Waals surface area contributed by atoms with E-state index in [0.717, 1.165) is 0 Å². The summed E-state index contributed by atoms with van der Waals surface area (Å²) in [6.45, 7) is 5.37. The van der Waals surface area contributed by atoms with Gasteiger partial charge in [-0.3, -0.25) is 9.59 Å². The summed E-state index contributed by atoms with van der Waals surface area (Å²) in [5.74, 6) is -0.785. The molecule has 0 bridgehead atoms. The SMILES string of the molecule is Cc1[nH]c2ccc(F)cc2c1C(=O)Nc1ccc(C(=O)N2CCOCC2C)cc1. The first-order valence-electron chi connectivity index (χ1n) is 9.52. The van der Waals surface area contributed by atoms with Crippen LogP contribution in [0, 0.1) is 12.7 Å². The normalized spacial score (nSPS) is 16.8. The highest BCUT2D eigenvalue weighted by atomic mass is 19.1. The number of anilines is 1. The van der Waals surface area contributed by atoms with Gasteiger partial charge in [-0.2, -0.15) is 0 Å². The van der Waals surface area contributed by atoms with Crippen molar-refractivity contribution < 1.29 is 18.7 Å². The van der Waals surface area contributed by atoms with Gasteiger partial charge in [0, 0.05) is 34.4 Å². The van der Waals surface area contributed by atoms with Crippen molar-refractivity contribution in [3.05, 3.63) is 65.1 Å². The Morgan fingerprint density at radius 2 is 1.97 bits per heavy atom. The zero-order chi connectivity index (χ0) is 20.5. The molecular weight excluding hydrogens is 373 g/mol. The zero-order valence-electron chi connectivity index (χ0n) is 16.3. The number of hydrogen-bond acceptors (Lipinski definition) is 3. The number of aryl methyl sites for hydroxylation is 1. The Morgan fingerprint density at radius 1 is 1.21 bits per heavy atom. The molecule has 0 radical (unpaired) electrons. The van der Waals surface area contributed by atoms with Crippen LogP contribution in [0.2, 0.25) is 0 Å². The van der Waals surface area contributed by atoms with Crippen molar-refractivity contribution in [1.82, 2.24) is 9.88 Å². The summed E-state index contributed by atoms with van der Waals surface area (Å²) < 4.78 is 19.0. The van der Waals surface area contributed by atoms with Gasteiger partial charge in [-0.15, -0.1) is 0 Å². The van der Waals surface area contributed by atoms with Crippen LogP contribution in [0.25, 0.3) is 10.9 Å². The van der Waals surface area contributed by atoms with Crippen molar-refractivity contribution in [2.75, 3.05) is 25.1 Å². The van der Waals surface area contributed by atoms with Crippen molar-refractivity contribution >= 4 is 28.4 Å². The lowest BCUT2D eigenvalue weighted by molar-refractivity contribution is 0.00359. The quantitative estimate of drug-likeness (QED) is 0.710. The second-order valence-electron chi connectivity index (χ2n) is 7.27. The molecule has 150 valence electrons. The first-order valence-corrected chi connectivity index (χ1v) is 9.52. The molecule has 0 saturated carbocycles. The molecule has 1 aliphatic rings. The Hall–Kier alpha value is -3.19. The fraction of sp³-hybridized carbons (Fsp3) is 0.273. The molecule has 1 atom stereocenters. The van der Waals surface area contributed by atoms with Crippen LogP contribution in [0.4, 0.5) is 10.1 Å². The van der Waals surface area contributed by atoms with Crippen molar-refractivity contribution in [1.29, 1.82) is 0 Å². The molecule has 2 aromatic carbocycles. The molecule has 0 spiro atoms. The fourth-order valence-corrected chi connectivity index (χ4v) is 3.68. The summed E-state index contributed by atoms with van der Waals surface area (Å²) in [4.78, 5) is 30.4. The minimum Gasteiger partial charge on any atom is -0.377 e. The summed E-state index contributed by atoms with van der Waals surface area (Å²) in [5.41, 5.74) is 2.89.